The Morgan fingerprint density at radius 3 is 1.26 bits per heavy atom. The number of hydrogen-bond acceptors (Lipinski definition) is 10. The van der Waals surface area contributed by atoms with E-state index >= 15 is 0 Å². The van der Waals surface area contributed by atoms with Gasteiger partial charge in [0.25, 0.3) is 0 Å². The summed E-state index contributed by atoms with van der Waals surface area (Å²) in [6, 6.07) is -1.18. The Hall–Kier alpha value is -1.15. The van der Waals surface area contributed by atoms with Crippen LogP contribution >= 0.6 is 0 Å². The zero-order valence-corrected chi connectivity index (χ0v) is 44.1. The quantitative estimate of drug-likeness (QED) is 0.0215. The summed E-state index contributed by atoms with van der Waals surface area (Å²) in [5.74, 6) is -0.701. The summed E-state index contributed by atoms with van der Waals surface area (Å²) in [6.07, 6.45) is 42.7. The van der Waals surface area contributed by atoms with Crippen LogP contribution in [0.3, 0.4) is 0 Å². The van der Waals surface area contributed by atoms with Gasteiger partial charge in [0.2, 0.25) is 5.91 Å². The summed E-state index contributed by atoms with van der Waals surface area (Å²) in [4.78, 5) is 13.2. The van der Waals surface area contributed by atoms with Crippen molar-refractivity contribution in [3.05, 3.63) is 12.2 Å². The second-order valence-electron chi connectivity index (χ2n) is 20.7. The normalized spacial score (nSPS) is 20.5. The Morgan fingerprint density at radius 2 is 0.868 bits per heavy atom. The van der Waals surface area contributed by atoms with Crippen molar-refractivity contribution in [2.75, 3.05) is 13.2 Å². The van der Waals surface area contributed by atoms with E-state index in [0.29, 0.717) is 12.8 Å². The van der Waals surface area contributed by atoms with Gasteiger partial charge in [0.15, 0.2) is 6.29 Å². The largest absolute Gasteiger partial charge is 0.394 e. The number of allylic oxidation sites excluding steroid dienone is 2. The van der Waals surface area contributed by atoms with Gasteiger partial charge in [-0.05, 0) is 38.5 Å². The molecule has 0 aliphatic carbocycles. The Labute approximate surface area is 417 Å². The first kappa shape index (κ1) is 64.9. The van der Waals surface area contributed by atoms with Crippen LogP contribution in [0, 0.1) is 0 Å². The number of aliphatic hydroxyl groups excluding tert-OH is 7. The molecule has 1 rings (SSSR count). The third kappa shape index (κ3) is 35.1. The second kappa shape index (κ2) is 46.9. The molecule has 1 amide bonds. The number of amides is 1. The Balaban J connectivity index is 2.32. The molecular weight excluding hydrogens is 859 g/mol. The van der Waals surface area contributed by atoms with Crippen molar-refractivity contribution in [3.8, 4) is 0 Å². The van der Waals surface area contributed by atoms with E-state index in [1.54, 1.807) is 0 Å². The molecule has 0 radical (unpaired) electrons. The number of ether oxygens (including phenoxy) is 2. The maximum Gasteiger partial charge on any atom is 0.249 e. The lowest BCUT2D eigenvalue weighted by Crippen LogP contribution is -2.60. The predicted molar refractivity (Wildman–Crippen MR) is 279 cm³/mol. The van der Waals surface area contributed by atoms with Crippen molar-refractivity contribution < 1.29 is 50.0 Å². The Bertz CT molecular complexity index is 1110. The summed E-state index contributed by atoms with van der Waals surface area (Å²) in [6.45, 7) is 3.48. The molecular formula is C57H111NO10. The summed E-state index contributed by atoms with van der Waals surface area (Å²) in [5.41, 5.74) is 0. The fourth-order valence-electron chi connectivity index (χ4n) is 9.56. The third-order valence-electron chi connectivity index (χ3n) is 14.3. The number of carbonyl (C=O) groups is 1. The molecule has 11 heteroatoms. The highest BCUT2D eigenvalue weighted by atomic mass is 16.7. The van der Waals surface area contributed by atoms with Gasteiger partial charge in [-0.2, -0.15) is 0 Å². The molecule has 1 aliphatic heterocycles. The summed E-state index contributed by atoms with van der Waals surface area (Å²) < 4.78 is 11.1. The molecule has 1 aliphatic rings. The molecule has 9 atom stereocenters. The summed E-state index contributed by atoms with van der Waals surface area (Å²) in [5, 5.41) is 76.1. The molecule has 1 saturated heterocycles. The minimum atomic E-state index is -1.66. The Morgan fingerprint density at radius 1 is 0.500 bits per heavy atom. The monoisotopic (exact) mass is 970 g/mol. The highest BCUT2D eigenvalue weighted by Crippen LogP contribution is 2.23. The number of carbonyl (C=O) groups excluding carboxylic acids is 1. The maximum atomic E-state index is 13.2. The van der Waals surface area contributed by atoms with E-state index in [4.69, 9.17) is 9.47 Å². The van der Waals surface area contributed by atoms with Crippen molar-refractivity contribution in [2.24, 2.45) is 0 Å². The van der Waals surface area contributed by atoms with Crippen LogP contribution in [0.15, 0.2) is 12.2 Å². The second-order valence-corrected chi connectivity index (χ2v) is 20.7. The lowest BCUT2D eigenvalue weighted by molar-refractivity contribution is -0.303. The van der Waals surface area contributed by atoms with Gasteiger partial charge in [0.05, 0.1) is 25.4 Å². The van der Waals surface area contributed by atoms with Crippen LogP contribution in [0.2, 0.25) is 0 Å². The molecule has 11 nitrogen and oxygen atoms in total. The fourth-order valence-corrected chi connectivity index (χ4v) is 9.56. The first-order valence-electron chi connectivity index (χ1n) is 29.1. The van der Waals surface area contributed by atoms with Crippen LogP contribution in [0.25, 0.3) is 0 Å². The van der Waals surface area contributed by atoms with Crippen molar-refractivity contribution in [2.45, 2.75) is 332 Å². The standard InChI is InChI=1S/C57H111NO10/c1-3-5-7-9-11-13-15-17-19-21-22-23-24-25-26-27-29-30-32-34-36-38-40-42-44-49(60)52(62)48(47-67-57-55(65)54(64)53(63)51(46-59)68-57)58-56(66)50(61)45-43-41-39-37-35-33-31-28-20-18-16-14-12-10-8-6-4-2/h36,38,48-55,57,59-65H,3-35,37,39-47H2,1-2H3,(H,58,66)/b38-36+. The molecule has 1 fully saturated rings. The smallest absolute Gasteiger partial charge is 0.249 e. The van der Waals surface area contributed by atoms with E-state index in [9.17, 15) is 40.5 Å². The number of unbranched alkanes of at least 4 members (excludes halogenated alkanes) is 36. The molecule has 0 saturated carbocycles. The van der Waals surface area contributed by atoms with Crippen LogP contribution in [0.1, 0.15) is 277 Å². The van der Waals surface area contributed by atoms with Crippen molar-refractivity contribution in [3.63, 3.8) is 0 Å². The third-order valence-corrected chi connectivity index (χ3v) is 14.3. The lowest BCUT2D eigenvalue weighted by Gasteiger charge is -2.40. The van der Waals surface area contributed by atoms with Crippen LogP contribution in [0.5, 0.6) is 0 Å². The molecule has 9 unspecified atom stereocenters. The van der Waals surface area contributed by atoms with Gasteiger partial charge in [-0.1, -0.05) is 251 Å². The highest BCUT2D eigenvalue weighted by Gasteiger charge is 2.44. The predicted octanol–water partition coefficient (Wildman–Crippen LogP) is 12.0. The average molecular weight is 971 g/mol. The summed E-state index contributed by atoms with van der Waals surface area (Å²) >= 11 is 0. The van der Waals surface area contributed by atoms with E-state index in [2.05, 4.69) is 31.3 Å². The van der Waals surface area contributed by atoms with Gasteiger partial charge in [-0.15, -0.1) is 0 Å². The van der Waals surface area contributed by atoms with Crippen molar-refractivity contribution >= 4 is 5.91 Å². The molecule has 0 aromatic rings. The minimum absolute atomic E-state index is 0.259. The van der Waals surface area contributed by atoms with Crippen LogP contribution in [-0.4, -0.2) is 110 Å². The number of hydrogen-bond donors (Lipinski definition) is 8. The van der Waals surface area contributed by atoms with Gasteiger partial charge in [0, 0.05) is 0 Å². The zero-order valence-electron chi connectivity index (χ0n) is 44.1. The van der Waals surface area contributed by atoms with Crippen LogP contribution < -0.4 is 5.32 Å². The summed E-state index contributed by atoms with van der Waals surface area (Å²) in [7, 11) is 0. The van der Waals surface area contributed by atoms with E-state index in [1.807, 2.05) is 0 Å². The van der Waals surface area contributed by atoms with Crippen LogP contribution in [-0.2, 0) is 14.3 Å². The number of aliphatic hydroxyl groups is 7. The molecule has 404 valence electrons. The molecule has 0 aromatic heterocycles. The molecule has 1 heterocycles. The fraction of sp³-hybridized carbons (Fsp3) is 0.947. The first-order chi connectivity index (χ1) is 33.2. The molecule has 0 aromatic carbocycles. The topological polar surface area (TPSA) is 189 Å². The van der Waals surface area contributed by atoms with Gasteiger partial charge in [-0.25, -0.2) is 0 Å². The van der Waals surface area contributed by atoms with E-state index in [0.717, 1.165) is 38.5 Å². The molecule has 0 bridgehead atoms. The molecule has 0 spiro atoms. The van der Waals surface area contributed by atoms with Crippen LogP contribution in [0.4, 0.5) is 0 Å². The van der Waals surface area contributed by atoms with E-state index < -0.39 is 74.2 Å². The average Bonchev–Trinajstić information content (AvgIpc) is 3.34. The van der Waals surface area contributed by atoms with Gasteiger partial charge < -0.3 is 50.5 Å². The lowest BCUT2D eigenvalue weighted by atomic mass is 9.98. The van der Waals surface area contributed by atoms with E-state index in [-0.39, 0.29) is 12.8 Å². The van der Waals surface area contributed by atoms with Crippen molar-refractivity contribution in [1.82, 2.24) is 5.32 Å². The van der Waals surface area contributed by atoms with Gasteiger partial charge in [-0.3, -0.25) is 4.79 Å². The van der Waals surface area contributed by atoms with E-state index in [1.165, 1.54) is 199 Å². The highest BCUT2D eigenvalue weighted by molar-refractivity contribution is 5.80. The SMILES string of the molecule is CCCCCCCCCCCCCCCCCCCCC/C=C/CCCC(O)C(O)C(COC1OC(CO)C(O)C(O)C1O)NC(=O)C(O)CCCCCCCCCCCCCCCCCCC. The molecule has 68 heavy (non-hydrogen) atoms. The Kier molecular flexibility index (Phi) is 44.7. The van der Waals surface area contributed by atoms with Gasteiger partial charge in [0.1, 0.15) is 36.6 Å². The first-order valence-corrected chi connectivity index (χ1v) is 29.1. The van der Waals surface area contributed by atoms with Crippen molar-refractivity contribution in [1.29, 1.82) is 0 Å². The zero-order chi connectivity index (χ0) is 49.7. The number of rotatable bonds is 50. The minimum Gasteiger partial charge on any atom is -0.394 e. The number of nitrogens with one attached hydrogen (secondary N) is 1. The van der Waals surface area contributed by atoms with Gasteiger partial charge >= 0.3 is 0 Å². The maximum absolute atomic E-state index is 13.2. The molecule has 8 N–H and O–H groups in total.